The molecule has 0 bridgehead atoms. The second-order valence-electron chi connectivity index (χ2n) is 6.83. The highest BCUT2D eigenvalue weighted by atomic mass is 35.5. The predicted molar refractivity (Wildman–Crippen MR) is 115 cm³/mol. The van der Waals surface area contributed by atoms with Gasteiger partial charge in [0.2, 0.25) is 0 Å². The van der Waals surface area contributed by atoms with Gasteiger partial charge in [0.15, 0.2) is 6.61 Å². The van der Waals surface area contributed by atoms with Crippen LogP contribution in [-0.2, 0) is 9.53 Å². The van der Waals surface area contributed by atoms with E-state index >= 15 is 0 Å². The fourth-order valence-electron chi connectivity index (χ4n) is 2.91. The van der Waals surface area contributed by atoms with Crippen molar-refractivity contribution in [2.75, 3.05) is 11.9 Å². The molecule has 3 rings (SSSR count). The first-order valence-corrected chi connectivity index (χ1v) is 9.60. The van der Waals surface area contributed by atoms with Crippen molar-refractivity contribution < 1.29 is 19.2 Å². The van der Waals surface area contributed by atoms with Crippen molar-refractivity contribution in [3.63, 3.8) is 0 Å². The number of aryl methyl sites for hydroxylation is 3. The van der Waals surface area contributed by atoms with Gasteiger partial charge in [-0.25, -0.2) is 9.48 Å². The van der Waals surface area contributed by atoms with Crippen molar-refractivity contribution in [2.24, 2.45) is 0 Å². The quantitative estimate of drug-likeness (QED) is 0.348. The van der Waals surface area contributed by atoms with Gasteiger partial charge in [0, 0.05) is 6.07 Å². The zero-order chi connectivity index (χ0) is 22.7. The average molecular weight is 443 g/mol. The van der Waals surface area contributed by atoms with Crippen LogP contribution in [0.15, 0.2) is 42.5 Å². The third kappa shape index (κ3) is 4.72. The standard InChI is InChI=1S/C21H19ClN4O5/c1-12-9-16(17(26(29)30)10-13(12)2)23-18(27)11-31-21(28)19-14(3)24-25(20(19)22)15-7-5-4-6-8-15/h4-10H,11H2,1-3H3,(H,23,27). The van der Waals surface area contributed by atoms with Crippen LogP contribution in [0, 0.1) is 30.9 Å². The van der Waals surface area contributed by atoms with Gasteiger partial charge in [-0.1, -0.05) is 29.8 Å². The predicted octanol–water partition coefficient (Wildman–Crippen LogP) is 4.15. The first-order chi connectivity index (χ1) is 14.7. The molecule has 0 aliphatic rings. The summed E-state index contributed by atoms with van der Waals surface area (Å²) in [6.07, 6.45) is 0. The van der Waals surface area contributed by atoms with Crippen LogP contribution in [0.25, 0.3) is 5.69 Å². The molecule has 0 atom stereocenters. The summed E-state index contributed by atoms with van der Waals surface area (Å²) in [6.45, 7) is 4.46. The summed E-state index contributed by atoms with van der Waals surface area (Å²) < 4.78 is 6.46. The lowest BCUT2D eigenvalue weighted by Crippen LogP contribution is -2.22. The zero-order valence-corrected chi connectivity index (χ0v) is 17.8. The largest absolute Gasteiger partial charge is 0.452 e. The number of amides is 1. The summed E-state index contributed by atoms with van der Waals surface area (Å²) in [5.74, 6) is -1.54. The minimum absolute atomic E-state index is 0.0280. The van der Waals surface area contributed by atoms with E-state index in [1.807, 2.05) is 6.07 Å². The van der Waals surface area contributed by atoms with Gasteiger partial charge in [-0.15, -0.1) is 0 Å². The maximum Gasteiger partial charge on any atom is 0.343 e. The van der Waals surface area contributed by atoms with Crippen molar-refractivity contribution in [2.45, 2.75) is 20.8 Å². The Balaban J connectivity index is 1.72. The van der Waals surface area contributed by atoms with Crippen LogP contribution in [0.4, 0.5) is 11.4 Å². The van der Waals surface area contributed by atoms with Gasteiger partial charge in [-0.05, 0) is 50.1 Å². The molecule has 0 aliphatic heterocycles. The Morgan fingerprint density at radius 2 is 1.81 bits per heavy atom. The molecule has 1 amide bonds. The molecular formula is C21H19ClN4O5. The molecule has 0 fully saturated rings. The Bertz CT molecular complexity index is 1170. The van der Waals surface area contributed by atoms with Gasteiger partial charge in [0.05, 0.1) is 16.3 Å². The first-order valence-electron chi connectivity index (χ1n) is 9.22. The lowest BCUT2D eigenvalue weighted by Gasteiger charge is -2.09. The molecule has 9 nitrogen and oxygen atoms in total. The van der Waals surface area contributed by atoms with Gasteiger partial charge in [-0.2, -0.15) is 5.10 Å². The number of carbonyl (C=O) groups excluding carboxylic acids is 2. The molecular weight excluding hydrogens is 424 g/mol. The maximum atomic E-state index is 12.5. The molecule has 0 saturated heterocycles. The van der Waals surface area contributed by atoms with E-state index in [0.717, 1.165) is 11.1 Å². The summed E-state index contributed by atoms with van der Waals surface area (Å²) in [4.78, 5) is 35.4. The summed E-state index contributed by atoms with van der Waals surface area (Å²) >= 11 is 6.32. The molecule has 3 aromatic rings. The molecule has 0 aliphatic carbocycles. The number of nitro benzene ring substituents is 1. The van der Waals surface area contributed by atoms with Crippen molar-refractivity contribution in [3.8, 4) is 5.69 Å². The highest BCUT2D eigenvalue weighted by Gasteiger charge is 2.24. The van der Waals surface area contributed by atoms with E-state index in [4.69, 9.17) is 16.3 Å². The number of ether oxygens (including phenoxy) is 1. The van der Waals surface area contributed by atoms with Crippen LogP contribution >= 0.6 is 11.6 Å². The maximum absolute atomic E-state index is 12.5. The number of anilines is 1. The lowest BCUT2D eigenvalue weighted by atomic mass is 10.1. The van der Waals surface area contributed by atoms with Crippen LogP contribution in [0.2, 0.25) is 5.15 Å². The highest BCUT2D eigenvalue weighted by molar-refractivity contribution is 6.33. The van der Waals surface area contributed by atoms with E-state index in [2.05, 4.69) is 10.4 Å². The number of aromatic nitrogens is 2. The Morgan fingerprint density at radius 1 is 1.16 bits per heavy atom. The Hall–Kier alpha value is -3.72. The molecule has 1 aromatic heterocycles. The SMILES string of the molecule is Cc1cc(NC(=O)COC(=O)c2c(C)nn(-c3ccccc3)c2Cl)c([N+](=O)[O-])cc1C. The molecule has 2 aromatic carbocycles. The van der Waals surface area contributed by atoms with Crippen LogP contribution in [-0.4, -0.2) is 33.2 Å². The lowest BCUT2D eigenvalue weighted by molar-refractivity contribution is -0.384. The van der Waals surface area contributed by atoms with Crippen molar-refractivity contribution >= 4 is 34.9 Å². The van der Waals surface area contributed by atoms with Gasteiger partial charge < -0.3 is 10.1 Å². The number of benzene rings is 2. The molecule has 160 valence electrons. The molecule has 1 N–H and O–H groups in total. The number of nitro groups is 1. The minimum atomic E-state index is -0.825. The van der Waals surface area contributed by atoms with Crippen LogP contribution < -0.4 is 5.32 Å². The van der Waals surface area contributed by atoms with Crippen molar-refractivity contribution in [1.82, 2.24) is 9.78 Å². The monoisotopic (exact) mass is 442 g/mol. The number of esters is 1. The number of nitrogens with zero attached hydrogens (tertiary/aromatic N) is 3. The molecule has 10 heteroatoms. The molecule has 0 spiro atoms. The Labute approximate surface area is 182 Å². The van der Waals surface area contributed by atoms with E-state index in [1.54, 1.807) is 45.0 Å². The van der Waals surface area contributed by atoms with Crippen molar-refractivity contribution in [1.29, 1.82) is 0 Å². The Morgan fingerprint density at radius 3 is 2.45 bits per heavy atom. The molecule has 31 heavy (non-hydrogen) atoms. The second kappa shape index (κ2) is 8.97. The number of rotatable bonds is 6. The smallest absolute Gasteiger partial charge is 0.343 e. The van der Waals surface area contributed by atoms with Crippen LogP contribution in [0.1, 0.15) is 27.2 Å². The molecule has 1 heterocycles. The highest BCUT2D eigenvalue weighted by Crippen LogP contribution is 2.28. The third-order valence-electron chi connectivity index (χ3n) is 4.63. The summed E-state index contributed by atoms with van der Waals surface area (Å²) in [7, 11) is 0. The Kier molecular flexibility index (Phi) is 6.36. The number of halogens is 1. The molecule has 0 radical (unpaired) electrons. The number of nitrogens with one attached hydrogen (secondary N) is 1. The number of hydrogen-bond donors (Lipinski definition) is 1. The topological polar surface area (TPSA) is 116 Å². The fraction of sp³-hybridized carbons (Fsp3) is 0.190. The van der Waals surface area contributed by atoms with Gasteiger partial charge in [0.1, 0.15) is 16.4 Å². The average Bonchev–Trinajstić information content (AvgIpc) is 3.03. The van der Waals surface area contributed by atoms with Crippen LogP contribution in [0.3, 0.4) is 0 Å². The van der Waals surface area contributed by atoms with Crippen molar-refractivity contribution in [3.05, 3.63) is 80.1 Å². The first kappa shape index (κ1) is 22.0. The summed E-state index contributed by atoms with van der Waals surface area (Å²) in [5.41, 5.74) is 2.31. The minimum Gasteiger partial charge on any atom is -0.452 e. The zero-order valence-electron chi connectivity index (χ0n) is 17.0. The second-order valence-corrected chi connectivity index (χ2v) is 7.19. The normalized spacial score (nSPS) is 10.6. The number of carbonyl (C=O) groups is 2. The third-order valence-corrected chi connectivity index (χ3v) is 4.98. The molecule has 0 unspecified atom stereocenters. The van der Waals surface area contributed by atoms with Gasteiger partial charge in [0.25, 0.3) is 11.6 Å². The van der Waals surface area contributed by atoms with E-state index in [0.29, 0.717) is 11.4 Å². The number of para-hydroxylation sites is 1. The summed E-state index contributed by atoms with van der Waals surface area (Å²) in [6, 6.07) is 11.9. The van der Waals surface area contributed by atoms with E-state index < -0.39 is 23.4 Å². The van der Waals surface area contributed by atoms with Gasteiger partial charge in [-0.3, -0.25) is 14.9 Å². The fourth-order valence-corrected chi connectivity index (χ4v) is 3.26. The summed E-state index contributed by atoms with van der Waals surface area (Å²) in [5, 5.41) is 18.0. The number of hydrogen-bond acceptors (Lipinski definition) is 6. The van der Waals surface area contributed by atoms with E-state index in [-0.39, 0.29) is 22.1 Å². The van der Waals surface area contributed by atoms with E-state index in [1.165, 1.54) is 16.8 Å². The van der Waals surface area contributed by atoms with Gasteiger partial charge >= 0.3 is 5.97 Å². The van der Waals surface area contributed by atoms with Crippen LogP contribution in [0.5, 0.6) is 0 Å². The molecule has 0 saturated carbocycles. The van der Waals surface area contributed by atoms with E-state index in [9.17, 15) is 19.7 Å².